The molecule has 1 fully saturated rings. The van der Waals surface area contributed by atoms with Gasteiger partial charge in [-0.15, -0.1) is 0 Å². The molecule has 1 aliphatic heterocycles. The zero-order chi connectivity index (χ0) is 19.6. The first kappa shape index (κ1) is 19.6. The van der Waals surface area contributed by atoms with E-state index in [4.69, 9.17) is 14.2 Å². The Kier molecular flexibility index (Phi) is 5.96. The van der Waals surface area contributed by atoms with Crippen LogP contribution in [0.4, 0.5) is 4.39 Å². The maximum absolute atomic E-state index is 14.3. The highest BCUT2D eigenvalue weighted by molar-refractivity contribution is 5.37. The SMILES string of the molecule is CC(C)c1ccc(Oc2ccc(O[C@H]3OC[C@@H](O)[C@H](O)[C@H]3O)c(F)c2)cc1. The fraction of sp³-hybridized carbons (Fsp3) is 0.400. The fourth-order valence-electron chi connectivity index (χ4n) is 2.71. The molecule has 1 aliphatic rings. The van der Waals surface area contributed by atoms with Crippen molar-refractivity contribution in [3.63, 3.8) is 0 Å². The van der Waals surface area contributed by atoms with E-state index in [0.717, 1.165) is 6.07 Å². The largest absolute Gasteiger partial charge is 0.459 e. The first-order valence-electron chi connectivity index (χ1n) is 8.75. The van der Waals surface area contributed by atoms with Crippen molar-refractivity contribution in [3.8, 4) is 17.2 Å². The van der Waals surface area contributed by atoms with Gasteiger partial charge in [-0.1, -0.05) is 26.0 Å². The quantitative estimate of drug-likeness (QED) is 0.741. The maximum Gasteiger partial charge on any atom is 0.229 e. The molecule has 0 radical (unpaired) electrons. The summed E-state index contributed by atoms with van der Waals surface area (Å²) in [7, 11) is 0. The highest BCUT2D eigenvalue weighted by Crippen LogP contribution is 2.29. The van der Waals surface area contributed by atoms with Crippen LogP contribution in [0.5, 0.6) is 17.2 Å². The normalized spacial score (nSPS) is 25.4. The number of halogens is 1. The van der Waals surface area contributed by atoms with Gasteiger partial charge in [0.2, 0.25) is 6.29 Å². The molecule has 2 aromatic rings. The van der Waals surface area contributed by atoms with Crippen molar-refractivity contribution >= 4 is 0 Å². The van der Waals surface area contributed by atoms with Gasteiger partial charge in [-0.05, 0) is 35.7 Å². The number of benzene rings is 2. The molecule has 0 bridgehead atoms. The van der Waals surface area contributed by atoms with Gasteiger partial charge in [-0.3, -0.25) is 0 Å². The first-order valence-corrected chi connectivity index (χ1v) is 8.75. The van der Waals surface area contributed by atoms with Gasteiger partial charge in [0.25, 0.3) is 0 Å². The second-order valence-corrected chi connectivity index (χ2v) is 6.79. The van der Waals surface area contributed by atoms with Crippen molar-refractivity contribution in [1.29, 1.82) is 0 Å². The van der Waals surface area contributed by atoms with Crippen LogP contribution in [0.1, 0.15) is 25.3 Å². The average Bonchev–Trinajstić information content (AvgIpc) is 2.64. The predicted octanol–water partition coefficient (Wildman–Crippen LogP) is 2.56. The van der Waals surface area contributed by atoms with Crippen LogP contribution in [0.25, 0.3) is 0 Å². The third kappa shape index (κ3) is 4.56. The summed E-state index contributed by atoms with van der Waals surface area (Å²) in [4.78, 5) is 0. The highest BCUT2D eigenvalue weighted by Gasteiger charge is 2.39. The molecule has 3 rings (SSSR count). The molecule has 0 spiro atoms. The van der Waals surface area contributed by atoms with Gasteiger partial charge in [0, 0.05) is 6.07 Å². The van der Waals surface area contributed by atoms with Gasteiger partial charge in [-0.2, -0.15) is 0 Å². The third-order valence-electron chi connectivity index (χ3n) is 4.38. The molecule has 146 valence electrons. The molecule has 1 saturated heterocycles. The summed E-state index contributed by atoms with van der Waals surface area (Å²) in [5.74, 6) is 0.408. The van der Waals surface area contributed by atoms with E-state index >= 15 is 0 Å². The summed E-state index contributed by atoms with van der Waals surface area (Å²) in [6, 6.07) is 11.6. The first-order chi connectivity index (χ1) is 12.8. The van der Waals surface area contributed by atoms with Crippen LogP contribution in [0.3, 0.4) is 0 Å². The van der Waals surface area contributed by atoms with Crippen LogP contribution in [0, 0.1) is 5.82 Å². The molecule has 0 aromatic heterocycles. The van der Waals surface area contributed by atoms with Crippen LogP contribution in [0.15, 0.2) is 42.5 Å². The molecular weight excluding hydrogens is 355 g/mol. The van der Waals surface area contributed by atoms with Crippen LogP contribution in [0.2, 0.25) is 0 Å². The second-order valence-electron chi connectivity index (χ2n) is 6.79. The Labute approximate surface area is 156 Å². The molecule has 0 saturated carbocycles. The van der Waals surface area contributed by atoms with Gasteiger partial charge in [0.15, 0.2) is 11.6 Å². The monoisotopic (exact) mass is 378 g/mol. The highest BCUT2D eigenvalue weighted by atomic mass is 19.1. The number of hydrogen-bond acceptors (Lipinski definition) is 6. The van der Waals surface area contributed by atoms with E-state index < -0.39 is 30.4 Å². The standard InChI is InChI=1S/C20H23FO6/c1-11(2)12-3-5-13(6-4-12)26-14-7-8-17(15(21)9-14)27-20-19(24)18(23)16(22)10-25-20/h3-9,11,16,18-20,22-24H,10H2,1-2H3/t16-,18+,19-,20-/m1/s1. The van der Waals surface area contributed by atoms with E-state index in [9.17, 15) is 19.7 Å². The van der Waals surface area contributed by atoms with E-state index in [-0.39, 0.29) is 18.1 Å². The molecule has 2 aromatic carbocycles. The van der Waals surface area contributed by atoms with Gasteiger partial charge >= 0.3 is 0 Å². The summed E-state index contributed by atoms with van der Waals surface area (Å²) < 4.78 is 30.4. The lowest BCUT2D eigenvalue weighted by atomic mass is 10.0. The lowest BCUT2D eigenvalue weighted by molar-refractivity contribution is -0.242. The minimum absolute atomic E-state index is 0.162. The van der Waals surface area contributed by atoms with Crippen molar-refractivity contribution in [1.82, 2.24) is 0 Å². The number of rotatable bonds is 5. The molecule has 6 nitrogen and oxygen atoms in total. The summed E-state index contributed by atoms with van der Waals surface area (Å²) >= 11 is 0. The Bertz CT molecular complexity index is 764. The zero-order valence-corrected chi connectivity index (χ0v) is 15.1. The molecule has 4 atom stereocenters. The fourth-order valence-corrected chi connectivity index (χ4v) is 2.71. The number of hydrogen-bond donors (Lipinski definition) is 3. The molecule has 0 unspecified atom stereocenters. The molecule has 7 heteroatoms. The molecule has 1 heterocycles. The lowest BCUT2D eigenvalue weighted by Crippen LogP contribution is -2.54. The van der Waals surface area contributed by atoms with Crippen LogP contribution >= 0.6 is 0 Å². The molecule has 0 aliphatic carbocycles. The number of aliphatic hydroxyl groups excluding tert-OH is 3. The lowest BCUT2D eigenvalue weighted by Gasteiger charge is -2.34. The minimum atomic E-state index is -1.50. The Hall–Kier alpha value is -2.19. The van der Waals surface area contributed by atoms with Crippen LogP contribution in [-0.2, 0) is 4.74 Å². The van der Waals surface area contributed by atoms with Crippen LogP contribution in [-0.4, -0.2) is 46.5 Å². The smallest absolute Gasteiger partial charge is 0.229 e. The molecule has 27 heavy (non-hydrogen) atoms. The summed E-state index contributed by atoms with van der Waals surface area (Å²) in [5, 5.41) is 28.9. The van der Waals surface area contributed by atoms with Crippen molar-refractivity contribution in [2.24, 2.45) is 0 Å². The molecular formula is C20H23FO6. The average molecular weight is 378 g/mol. The predicted molar refractivity (Wildman–Crippen MR) is 95.4 cm³/mol. The Morgan fingerprint density at radius 2 is 1.67 bits per heavy atom. The third-order valence-corrected chi connectivity index (χ3v) is 4.38. The van der Waals surface area contributed by atoms with E-state index in [1.165, 1.54) is 17.7 Å². The van der Waals surface area contributed by atoms with Crippen LogP contribution < -0.4 is 9.47 Å². The Morgan fingerprint density at radius 1 is 1.00 bits per heavy atom. The van der Waals surface area contributed by atoms with Gasteiger partial charge in [-0.25, -0.2) is 4.39 Å². The summed E-state index contributed by atoms with van der Waals surface area (Å²) in [6.45, 7) is 3.96. The van der Waals surface area contributed by atoms with Gasteiger partial charge < -0.3 is 29.5 Å². The zero-order valence-electron chi connectivity index (χ0n) is 15.1. The van der Waals surface area contributed by atoms with Crippen molar-refractivity contribution in [2.75, 3.05) is 6.61 Å². The van der Waals surface area contributed by atoms with E-state index in [2.05, 4.69) is 13.8 Å². The number of aliphatic hydroxyl groups is 3. The van der Waals surface area contributed by atoms with Crippen molar-refractivity contribution in [2.45, 2.75) is 44.4 Å². The van der Waals surface area contributed by atoms with E-state index in [0.29, 0.717) is 11.7 Å². The Morgan fingerprint density at radius 3 is 2.30 bits per heavy atom. The topological polar surface area (TPSA) is 88.4 Å². The maximum atomic E-state index is 14.3. The molecule has 3 N–H and O–H groups in total. The van der Waals surface area contributed by atoms with E-state index in [1.807, 2.05) is 24.3 Å². The van der Waals surface area contributed by atoms with Gasteiger partial charge in [0.05, 0.1) is 6.61 Å². The summed E-state index contributed by atoms with van der Waals surface area (Å²) in [6.07, 6.45) is -5.43. The summed E-state index contributed by atoms with van der Waals surface area (Å²) in [5.41, 5.74) is 1.18. The number of ether oxygens (including phenoxy) is 3. The Balaban J connectivity index is 1.67. The molecule has 0 amide bonds. The minimum Gasteiger partial charge on any atom is -0.459 e. The van der Waals surface area contributed by atoms with Crippen molar-refractivity contribution < 1.29 is 33.9 Å². The van der Waals surface area contributed by atoms with Crippen molar-refractivity contribution in [3.05, 3.63) is 53.8 Å². The second kappa shape index (κ2) is 8.22. The van der Waals surface area contributed by atoms with E-state index in [1.54, 1.807) is 0 Å². The van der Waals surface area contributed by atoms with Gasteiger partial charge in [0.1, 0.15) is 29.8 Å².